The highest BCUT2D eigenvalue weighted by molar-refractivity contribution is 6.74. The Morgan fingerprint density at radius 1 is 1.00 bits per heavy atom. The van der Waals surface area contributed by atoms with Crippen LogP contribution in [0.5, 0.6) is 0 Å². The number of oxazole rings is 1. The first-order chi connectivity index (χ1) is 21.1. The van der Waals surface area contributed by atoms with Crippen molar-refractivity contribution in [3.8, 4) is 22.6 Å². The lowest BCUT2D eigenvalue weighted by molar-refractivity contribution is -0.191. The first kappa shape index (κ1) is 32.9. The number of β-lactam (4-membered cyclic amide) rings is 1. The van der Waals surface area contributed by atoms with Crippen molar-refractivity contribution in [1.29, 1.82) is 0 Å². The zero-order chi connectivity index (χ0) is 32.9. The van der Waals surface area contributed by atoms with Crippen molar-refractivity contribution in [1.82, 2.24) is 9.47 Å². The number of esters is 1. The summed E-state index contributed by atoms with van der Waals surface area (Å²) in [6, 6.07) is 15.8. The van der Waals surface area contributed by atoms with E-state index in [1.807, 2.05) is 60.7 Å². The number of nitrogens with zero attached hydrogens (tertiary/aromatic N) is 2. The van der Waals surface area contributed by atoms with Gasteiger partial charge in [-0.25, -0.2) is 9.59 Å². The Labute approximate surface area is 265 Å². The summed E-state index contributed by atoms with van der Waals surface area (Å²) in [4.78, 5) is 43.3. The van der Waals surface area contributed by atoms with Gasteiger partial charge in [0.1, 0.15) is 12.1 Å². The summed E-state index contributed by atoms with van der Waals surface area (Å²) in [5.74, 6) is -2.31. The van der Waals surface area contributed by atoms with Crippen LogP contribution in [0.1, 0.15) is 47.6 Å². The quantitative estimate of drug-likeness (QED) is 0.169. The lowest BCUT2D eigenvalue weighted by atomic mass is 9.86. The molecule has 1 amide bonds. The Morgan fingerprint density at radius 3 is 2.09 bits per heavy atom. The van der Waals surface area contributed by atoms with Crippen LogP contribution in [-0.2, 0) is 28.2 Å². The molecule has 2 saturated heterocycles. The zero-order valence-corrected chi connectivity index (χ0v) is 28.5. The van der Waals surface area contributed by atoms with Gasteiger partial charge in [-0.3, -0.25) is 9.36 Å². The first-order valence-corrected chi connectivity index (χ1v) is 18.2. The lowest BCUT2D eigenvalue weighted by Gasteiger charge is -2.53. The summed E-state index contributed by atoms with van der Waals surface area (Å²) in [6.45, 7) is 16.0. The zero-order valence-electron chi connectivity index (χ0n) is 27.5. The molecule has 10 nitrogen and oxygen atoms in total. The Hall–Kier alpha value is -3.51. The van der Waals surface area contributed by atoms with Gasteiger partial charge in [-0.2, -0.15) is 0 Å². The summed E-state index contributed by atoms with van der Waals surface area (Å²) in [5.41, 5.74) is 1.86. The standard InChI is InChI=1S/C34H44N2O8Si/c1-21(44-45(8,9)33(2,3)4)25(31(38)40-7)35-27(24-20-41-34(5,6)43-24)28(30(35)37)36-26(22-16-12-10-13-17-22)29(42-32(36)39)23-18-14-11-15-19-23/h10-19,21,24-25,27-28H,20H2,1-9H3/t21-,24?,25+,27+,28-/m1/s1. The van der Waals surface area contributed by atoms with Gasteiger partial charge in [0.25, 0.3) is 0 Å². The molecule has 0 bridgehead atoms. The summed E-state index contributed by atoms with van der Waals surface area (Å²) in [5, 5.41) is -0.141. The second-order valence-electron chi connectivity index (χ2n) is 13.7. The van der Waals surface area contributed by atoms with Crippen molar-refractivity contribution in [2.24, 2.45) is 0 Å². The number of hydrogen-bond donors (Lipinski definition) is 0. The maximum atomic E-state index is 14.5. The van der Waals surface area contributed by atoms with Crippen molar-refractivity contribution < 1.29 is 32.6 Å². The number of amides is 1. The molecule has 2 aliphatic rings. The molecular formula is C34H44N2O8Si. The molecule has 1 aromatic heterocycles. The van der Waals surface area contributed by atoms with Gasteiger partial charge < -0.3 is 28.0 Å². The normalized spacial score (nSPS) is 23.0. The fourth-order valence-corrected chi connectivity index (χ4v) is 7.43. The molecule has 3 aromatic rings. The Morgan fingerprint density at radius 2 is 1.58 bits per heavy atom. The van der Waals surface area contributed by atoms with Crippen LogP contribution in [0.2, 0.25) is 18.1 Å². The van der Waals surface area contributed by atoms with E-state index in [1.54, 1.807) is 20.8 Å². The number of aromatic nitrogens is 1. The number of methoxy groups -OCH3 is 1. The largest absolute Gasteiger partial charge is 0.467 e. The predicted molar refractivity (Wildman–Crippen MR) is 172 cm³/mol. The van der Waals surface area contributed by atoms with Crippen LogP contribution in [0.15, 0.2) is 69.9 Å². The maximum absolute atomic E-state index is 14.5. The average molecular weight is 637 g/mol. The number of benzene rings is 2. The van der Waals surface area contributed by atoms with E-state index < -0.39 is 62.1 Å². The predicted octanol–water partition coefficient (Wildman–Crippen LogP) is 5.63. The van der Waals surface area contributed by atoms with Gasteiger partial charge in [0.2, 0.25) is 5.91 Å². The minimum atomic E-state index is -2.37. The molecular weight excluding hydrogens is 592 g/mol. The molecule has 5 rings (SSSR count). The Kier molecular flexibility index (Phi) is 8.78. The molecule has 2 aliphatic heterocycles. The van der Waals surface area contributed by atoms with E-state index in [0.717, 1.165) is 0 Å². The molecule has 0 radical (unpaired) electrons. The van der Waals surface area contributed by atoms with Crippen LogP contribution >= 0.6 is 0 Å². The summed E-state index contributed by atoms with van der Waals surface area (Å²) < 4.78 is 31.5. The van der Waals surface area contributed by atoms with E-state index >= 15 is 0 Å². The number of carbonyl (C=O) groups excluding carboxylic acids is 2. The summed E-state index contributed by atoms with van der Waals surface area (Å²) in [7, 11) is -1.08. The van der Waals surface area contributed by atoms with E-state index in [0.29, 0.717) is 22.6 Å². The van der Waals surface area contributed by atoms with Gasteiger partial charge in [-0.05, 0) is 38.9 Å². The number of likely N-dealkylation sites (tertiary alicyclic amines) is 1. The molecule has 45 heavy (non-hydrogen) atoms. The van der Waals surface area contributed by atoms with Gasteiger partial charge in [0.15, 0.2) is 25.9 Å². The third kappa shape index (κ3) is 6.06. The van der Waals surface area contributed by atoms with Crippen LogP contribution < -0.4 is 5.76 Å². The molecule has 3 heterocycles. The smallest absolute Gasteiger partial charge is 0.420 e. The lowest BCUT2D eigenvalue weighted by Crippen LogP contribution is -2.73. The average Bonchev–Trinajstić information content (AvgIpc) is 3.51. The minimum Gasteiger partial charge on any atom is -0.467 e. The number of carbonyl (C=O) groups is 2. The van der Waals surface area contributed by atoms with Gasteiger partial charge in [0, 0.05) is 11.1 Å². The monoisotopic (exact) mass is 636 g/mol. The Balaban J connectivity index is 1.65. The minimum absolute atomic E-state index is 0.141. The van der Waals surface area contributed by atoms with Crippen molar-refractivity contribution in [3.63, 3.8) is 0 Å². The second-order valence-corrected chi connectivity index (χ2v) is 18.5. The van der Waals surface area contributed by atoms with E-state index in [1.165, 1.54) is 16.6 Å². The highest BCUT2D eigenvalue weighted by Gasteiger charge is 2.61. The molecule has 0 N–H and O–H groups in total. The first-order valence-electron chi connectivity index (χ1n) is 15.3. The molecule has 5 atom stereocenters. The topological polar surface area (TPSA) is 109 Å². The molecule has 0 saturated carbocycles. The molecule has 1 unspecified atom stereocenters. The highest BCUT2D eigenvalue weighted by atomic mass is 28.4. The van der Waals surface area contributed by atoms with Crippen LogP contribution in [0, 0.1) is 0 Å². The van der Waals surface area contributed by atoms with E-state index in [2.05, 4.69) is 33.9 Å². The van der Waals surface area contributed by atoms with E-state index in [4.69, 9.17) is 23.1 Å². The number of ether oxygens (including phenoxy) is 3. The summed E-state index contributed by atoms with van der Waals surface area (Å²) >= 11 is 0. The van der Waals surface area contributed by atoms with Crippen LogP contribution in [-0.4, -0.2) is 73.5 Å². The third-order valence-corrected chi connectivity index (χ3v) is 13.8. The molecule has 0 spiro atoms. The van der Waals surface area contributed by atoms with Crippen LogP contribution in [0.3, 0.4) is 0 Å². The van der Waals surface area contributed by atoms with Crippen LogP contribution in [0.25, 0.3) is 22.6 Å². The molecule has 0 aliphatic carbocycles. The second kappa shape index (κ2) is 12.0. The molecule has 242 valence electrons. The van der Waals surface area contributed by atoms with Crippen molar-refractivity contribution in [3.05, 3.63) is 71.2 Å². The van der Waals surface area contributed by atoms with E-state index in [9.17, 15) is 14.4 Å². The van der Waals surface area contributed by atoms with E-state index in [-0.39, 0.29) is 11.6 Å². The van der Waals surface area contributed by atoms with Crippen molar-refractivity contribution >= 4 is 20.2 Å². The molecule has 2 fully saturated rings. The summed E-state index contributed by atoms with van der Waals surface area (Å²) in [6.07, 6.45) is -1.35. The van der Waals surface area contributed by atoms with Crippen molar-refractivity contribution in [2.75, 3.05) is 13.7 Å². The number of rotatable bonds is 9. The molecule has 11 heteroatoms. The van der Waals surface area contributed by atoms with Gasteiger partial charge >= 0.3 is 11.7 Å². The van der Waals surface area contributed by atoms with Crippen LogP contribution in [0.4, 0.5) is 0 Å². The fraction of sp³-hybridized carbons (Fsp3) is 0.500. The van der Waals surface area contributed by atoms with Gasteiger partial charge in [0.05, 0.1) is 31.6 Å². The molecule has 2 aromatic carbocycles. The fourth-order valence-electron chi connectivity index (χ4n) is 6.02. The number of hydrogen-bond acceptors (Lipinski definition) is 8. The Bertz CT molecular complexity index is 1590. The van der Waals surface area contributed by atoms with Gasteiger partial charge in [-0.1, -0.05) is 81.4 Å². The van der Waals surface area contributed by atoms with Gasteiger partial charge in [-0.15, -0.1) is 0 Å². The third-order valence-electron chi connectivity index (χ3n) is 9.24. The van der Waals surface area contributed by atoms with Crippen molar-refractivity contribution in [2.45, 2.75) is 95.8 Å². The SMILES string of the molecule is COC(=O)[C@H]([C@@H](C)O[Si](C)(C)C(C)(C)C)N1C(=O)[C@H](n2c(-c3ccccc3)c(-c3ccccc3)oc2=O)[C@@H]1C1COC(C)(C)O1. The maximum Gasteiger partial charge on any atom is 0.420 e. The highest BCUT2D eigenvalue weighted by Crippen LogP contribution is 2.45.